The van der Waals surface area contributed by atoms with Crippen LogP contribution in [0.1, 0.15) is 48.5 Å². The quantitative estimate of drug-likeness (QED) is 0.443. The van der Waals surface area contributed by atoms with Gasteiger partial charge >= 0.3 is 0 Å². The number of nitrogens with zero attached hydrogens (tertiary/aromatic N) is 1. The van der Waals surface area contributed by atoms with Crippen molar-refractivity contribution >= 4 is 11.1 Å². The van der Waals surface area contributed by atoms with E-state index in [2.05, 4.69) is 23.1 Å². The highest BCUT2D eigenvalue weighted by Crippen LogP contribution is 2.52. The zero-order chi connectivity index (χ0) is 25.2. The van der Waals surface area contributed by atoms with E-state index in [1.165, 1.54) is 37.9 Å². The summed E-state index contributed by atoms with van der Waals surface area (Å²) in [5, 5.41) is 10.1. The van der Waals surface area contributed by atoms with Crippen molar-refractivity contribution in [2.45, 2.75) is 31.8 Å². The van der Waals surface area contributed by atoms with E-state index in [0.717, 1.165) is 52.5 Å². The van der Waals surface area contributed by atoms with Gasteiger partial charge in [-0.3, -0.25) is 4.90 Å². The summed E-state index contributed by atoms with van der Waals surface area (Å²) >= 11 is 0. The number of likely N-dealkylation sites (tertiary alicyclic amines) is 1. The summed E-state index contributed by atoms with van der Waals surface area (Å²) in [5.74, 6) is 3.28. The molecule has 0 aliphatic carbocycles. The molecule has 192 valence electrons. The first kappa shape index (κ1) is 23.7. The molecular formula is C31H33NO5. The maximum absolute atomic E-state index is 10.1. The van der Waals surface area contributed by atoms with Crippen LogP contribution in [0.4, 0.5) is 0 Å². The van der Waals surface area contributed by atoms with Crippen molar-refractivity contribution in [3.05, 3.63) is 77.4 Å². The van der Waals surface area contributed by atoms with Crippen molar-refractivity contribution in [1.29, 1.82) is 0 Å². The summed E-state index contributed by atoms with van der Waals surface area (Å²) in [6.45, 7) is 4.53. The first-order chi connectivity index (χ1) is 18.2. The Morgan fingerprint density at radius 2 is 1.68 bits per heavy atom. The SMILES string of the molecule is COc1ccc2c(c1)OC(c1ccc(OCCN3CCCCC3)cc1)C1=C2CCOc2cc(O)ccc21. The number of methoxy groups -OCH3 is 1. The maximum Gasteiger partial charge on any atom is 0.150 e. The Kier molecular flexibility index (Phi) is 6.66. The molecule has 0 spiro atoms. The lowest BCUT2D eigenvalue weighted by atomic mass is 9.84. The fourth-order valence-electron chi connectivity index (χ4n) is 5.60. The number of phenolic OH excluding ortho intramolecular Hbond substituents is 1. The molecule has 3 aliphatic rings. The molecule has 1 N–H and O–H groups in total. The summed E-state index contributed by atoms with van der Waals surface area (Å²) in [6.07, 6.45) is 4.33. The molecule has 6 nitrogen and oxygen atoms in total. The van der Waals surface area contributed by atoms with E-state index in [1.54, 1.807) is 19.2 Å². The number of hydrogen-bond donors (Lipinski definition) is 1. The fraction of sp³-hybridized carbons (Fsp3) is 0.355. The number of ether oxygens (including phenoxy) is 4. The van der Waals surface area contributed by atoms with Crippen molar-refractivity contribution in [1.82, 2.24) is 4.90 Å². The summed E-state index contributed by atoms with van der Waals surface area (Å²) in [4.78, 5) is 2.48. The lowest BCUT2D eigenvalue weighted by Gasteiger charge is -2.31. The Balaban J connectivity index is 1.32. The number of benzene rings is 3. The summed E-state index contributed by atoms with van der Waals surface area (Å²) in [7, 11) is 1.67. The number of hydrogen-bond acceptors (Lipinski definition) is 6. The second-order valence-corrected chi connectivity index (χ2v) is 9.85. The second kappa shape index (κ2) is 10.4. The van der Waals surface area contributed by atoms with E-state index >= 15 is 0 Å². The first-order valence-electron chi connectivity index (χ1n) is 13.2. The molecule has 1 unspecified atom stereocenters. The van der Waals surface area contributed by atoms with Crippen LogP contribution in [0.15, 0.2) is 60.7 Å². The molecule has 1 atom stereocenters. The molecule has 1 fully saturated rings. The lowest BCUT2D eigenvalue weighted by Crippen LogP contribution is -2.33. The van der Waals surface area contributed by atoms with Crippen molar-refractivity contribution in [3.8, 4) is 28.7 Å². The molecule has 0 aromatic heterocycles. The van der Waals surface area contributed by atoms with Gasteiger partial charge in [-0.1, -0.05) is 18.6 Å². The van der Waals surface area contributed by atoms with Crippen LogP contribution < -0.4 is 18.9 Å². The van der Waals surface area contributed by atoms with Crippen LogP contribution in [0.5, 0.6) is 28.7 Å². The molecule has 3 aliphatic heterocycles. The predicted octanol–water partition coefficient (Wildman–Crippen LogP) is 6.09. The predicted molar refractivity (Wildman–Crippen MR) is 144 cm³/mol. The smallest absolute Gasteiger partial charge is 0.150 e. The third-order valence-corrected chi connectivity index (χ3v) is 7.52. The van der Waals surface area contributed by atoms with Crippen molar-refractivity contribution < 1.29 is 24.1 Å². The van der Waals surface area contributed by atoms with Gasteiger partial charge in [0.2, 0.25) is 0 Å². The van der Waals surface area contributed by atoms with Gasteiger partial charge in [0, 0.05) is 41.8 Å². The van der Waals surface area contributed by atoms with E-state index < -0.39 is 0 Å². The molecule has 0 radical (unpaired) electrons. The maximum atomic E-state index is 10.1. The van der Waals surface area contributed by atoms with Crippen LogP contribution in [-0.2, 0) is 0 Å². The van der Waals surface area contributed by atoms with Crippen LogP contribution in [0.25, 0.3) is 11.1 Å². The molecule has 3 aromatic carbocycles. The van der Waals surface area contributed by atoms with Crippen LogP contribution in [0.2, 0.25) is 0 Å². The Labute approximate surface area is 218 Å². The van der Waals surface area contributed by atoms with Gasteiger partial charge in [-0.05, 0) is 73.5 Å². The molecule has 6 heteroatoms. The van der Waals surface area contributed by atoms with Crippen molar-refractivity contribution in [2.75, 3.05) is 40.0 Å². The Bertz CT molecular complexity index is 1290. The first-order valence-corrected chi connectivity index (χ1v) is 13.2. The molecule has 37 heavy (non-hydrogen) atoms. The monoisotopic (exact) mass is 499 g/mol. The minimum atomic E-state index is -0.331. The number of rotatable bonds is 6. The van der Waals surface area contributed by atoms with Gasteiger partial charge in [0.15, 0.2) is 0 Å². The second-order valence-electron chi connectivity index (χ2n) is 9.85. The van der Waals surface area contributed by atoms with Gasteiger partial charge in [-0.15, -0.1) is 0 Å². The molecule has 6 rings (SSSR count). The largest absolute Gasteiger partial charge is 0.508 e. The molecule has 0 saturated carbocycles. The van der Waals surface area contributed by atoms with E-state index in [-0.39, 0.29) is 11.9 Å². The topological polar surface area (TPSA) is 60.4 Å². The average molecular weight is 500 g/mol. The highest BCUT2D eigenvalue weighted by Gasteiger charge is 2.34. The Morgan fingerprint density at radius 3 is 2.49 bits per heavy atom. The molecule has 0 bridgehead atoms. The van der Waals surface area contributed by atoms with Crippen LogP contribution in [0, 0.1) is 0 Å². The van der Waals surface area contributed by atoms with Crippen molar-refractivity contribution in [3.63, 3.8) is 0 Å². The normalized spacial score (nSPS) is 19.0. The van der Waals surface area contributed by atoms with Crippen LogP contribution in [-0.4, -0.2) is 50.0 Å². The standard InChI is InChI=1S/C31H33NO5/c1-34-24-10-12-25-26-13-17-36-28-19-22(33)7-11-27(28)30(26)31(37-29(25)20-24)21-5-8-23(9-6-21)35-18-16-32-14-3-2-4-15-32/h5-12,19-20,31,33H,2-4,13-18H2,1H3. The zero-order valence-electron chi connectivity index (χ0n) is 21.2. The van der Waals surface area contributed by atoms with Gasteiger partial charge in [0.05, 0.1) is 13.7 Å². The molecular weight excluding hydrogens is 466 g/mol. The Hall–Kier alpha value is -3.64. The van der Waals surface area contributed by atoms with Gasteiger partial charge in [-0.2, -0.15) is 0 Å². The van der Waals surface area contributed by atoms with Gasteiger partial charge < -0.3 is 24.1 Å². The van der Waals surface area contributed by atoms with Crippen molar-refractivity contribution in [2.24, 2.45) is 0 Å². The highest BCUT2D eigenvalue weighted by molar-refractivity contribution is 5.98. The molecule has 3 aromatic rings. The molecule has 1 saturated heterocycles. The number of fused-ring (bicyclic) bond motifs is 4. The number of aromatic hydroxyl groups is 1. The molecule has 0 amide bonds. The summed E-state index contributed by atoms with van der Waals surface area (Å²) < 4.78 is 24.3. The number of piperidine rings is 1. The lowest BCUT2D eigenvalue weighted by molar-refractivity contribution is 0.183. The van der Waals surface area contributed by atoms with Gasteiger partial charge in [-0.25, -0.2) is 0 Å². The number of phenols is 1. The average Bonchev–Trinajstić information content (AvgIpc) is 3.12. The van der Waals surface area contributed by atoms with Gasteiger partial charge in [0.1, 0.15) is 41.5 Å². The third kappa shape index (κ3) is 4.86. The third-order valence-electron chi connectivity index (χ3n) is 7.52. The highest BCUT2D eigenvalue weighted by atomic mass is 16.5. The Morgan fingerprint density at radius 1 is 0.892 bits per heavy atom. The van der Waals surface area contributed by atoms with E-state index in [9.17, 15) is 5.11 Å². The van der Waals surface area contributed by atoms with Crippen LogP contribution >= 0.6 is 0 Å². The summed E-state index contributed by atoms with van der Waals surface area (Å²) in [5.41, 5.74) is 5.29. The van der Waals surface area contributed by atoms with E-state index in [4.69, 9.17) is 18.9 Å². The minimum Gasteiger partial charge on any atom is -0.508 e. The molecule has 3 heterocycles. The zero-order valence-corrected chi connectivity index (χ0v) is 21.2. The van der Waals surface area contributed by atoms with Crippen LogP contribution in [0.3, 0.4) is 0 Å². The fourth-order valence-corrected chi connectivity index (χ4v) is 5.60. The minimum absolute atomic E-state index is 0.187. The van der Waals surface area contributed by atoms with E-state index in [0.29, 0.717) is 19.0 Å². The summed E-state index contributed by atoms with van der Waals surface area (Å²) in [6, 6.07) is 19.5. The van der Waals surface area contributed by atoms with Gasteiger partial charge in [0.25, 0.3) is 0 Å². The van der Waals surface area contributed by atoms with E-state index in [1.807, 2.05) is 30.3 Å².